The molecule has 0 radical (unpaired) electrons. The highest BCUT2D eigenvalue weighted by Gasteiger charge is 2.25. The van der Waals surface area contributed by atoms with E-state index in [1.165, 1.54) is 30.5 Å². The third-order valence-electron chi connectivity index (χ3n) is 5.50. The van der Waals surface area contributed by atoms with E-state index in [9.17, 15) is 0 Å². The lowest BCUT2D eigenvalue weighted by atomic mass is 10.1. The molecule has 0 saturated carbocycles. The summed E-state index contributed by atoms with van der Waals surface area (Å²) >= 11 is 0. The molecule has 1 aromatic carbocycles. The number of benzene rings is 1. The largest absolute Gasteiger partial charge is 0.493 e. The number of pyridine rings is 1. The van der Waals surface area contributed by atoms with E-state index in [-0.39, 0.29) is 6.10 Å². The van der Waals surface area contributed by atoms with Crippen molar-refractivity contribution < 1.29 is 9.47 Å². The molecule has 158 valence electrons. The lowest BCUT2D eigenvalue weighted by Crippen LogP contribution is -2.39. The highest BCUT2D eigenvalue weighted by Crippen LogP contribution is 2.30. The Morgan fingerprint density at radius 1 is 1.17 bits per heavy atom. The van der Waals surface area contributed by atoms with Crippen LogP contribution in [-0.4, -0.2) is 53.7 Å². The minimum Gasteiger partial charge on any atom is -0.493 e. The third-order valence-corrected chi connectivity index (χ3v) is 5.50. The molecule has 1 unspecified atom stereocenters. The average molecular weight is 398 g/mol. The molecule has 1 aromatic heterocycles. The number of hydrogen-bond acceptors (Lipinski definition) is 5. The second kappa shape index (κ2) is 10.6. The van der Waals surface area contributed by atoms with Gasteiger partial charge in [-0.25, -0.2) is 0 Å². The Morgan fingerprint density at radius 2 is 2.00 bits per heavy atom. The maximum Gasteiger partial charge on any atom is 0.161 e. The van der Waals surface area contributed by atoms with Crippen molar-refractivity contribution in [3.8, 4) is 11.5 Å². The molecule has 5 heteroatoms. The summed E-state index contributed by atoms with van der Waals surface area (Å²) in [6, 6.07) is 11.1. The van der Waals surface area contributed by atoms with Crippen molar-refractivity contribution in [2.45, 2.75) is 58.8 Å². The number of likely N-dealkylation sites (N-methyl/N-ethyl adjacent to an activating group) is 1. The average Bonchev–Trinajstić information content (AvgIpc) is 3.16. The zero-order chi connectivity index (χ0) is 20.6. The van der Waals surface area contributed by atoms with Gasteiger partial charge in [0.15, 0.2) is 11.5 Å². The summed E-state index contributed by atoms with van der Waals surface area (Å²) in [5, 5.41) is 0. The fourth-order valence-electron chi connectivity index (χ4n) is 4.17. The Morgan fingerprint density at radius 3 is 2.69 bits per heavy atom. The summed E-state index contributed by atoms with van der Waals surface area (Å²) in [6.45, 7) is 11.5. The van der Waals surface area contributed by atoms with Gasteiger partial charge in [0.25, 0.3) is 0 Å². The molecule has 0 amide bonds. The van der Waals surface area contributed by atoms with Crippen molar-refractivity contribution in [1.29, 1.82) is 0 Å². The van der Waals surface area contributed by atoms with Crippen molar-refractivity contribution in [1.82, 2.24) is 14.8 Å². The number of likely N-dealkylation sites (tertiary alicyclic amines) is 1. The first-order valence-electron chi connectivity index (χ1n) is 10.8. The molecular weight excluding hydrogens is 362 g/mol. The number of methoxy groups -OCH3 is 1. The Balaban J connectivity index is 1.76. The molecule has 0 spiro atoms. The second-order valence-electron chi connectivity index (χ2n) is 8.11. The zero-order valence-electron chi connectivity index (χ0n) is 18.3. The van der Waals surface area contributed by atoms with E-state index < -0.39 is 0 Å². The van der Waals surface area contributed by atoms with Crippen molar-refractivity contribution in [3.05, 3.63) is 53.9 Å². The topological polar surface area (TPSA) is 37.8 Å². The number of rotatable bonds is 10. The van der Waals surface area contributed by atoms with E-state index >= 15 is 0 Å². The van der Waals surface area contributed by atoms with E-state index in [0.717, 1.165) is 37.7 Å². The monoisotopic (exact) mass is 397 g/mol. The molecule has 29 heavy (non-hydrogen) atoms. The molecule has 0 N–H and O–H groups in total. The fourth-order valence-corrected chi connectivity index (χ4v) is 4.17. The van der Waals surface area contributed by atoms with Gasteiger partial charge in [0.2, 0.25) is 0 Å². The van der Waals surface area contributed by atoms with Gasteiger partial charge in [0, 0.05) is 38.1 Å². The first-order chi connectivity index (χ1) is 14.1. The van der Waals surface area contributed by atoms with Gasteiger partial charge >= 0.3 is 0 Å². The van der Waals surface area contributed by atoms with Crippen LogP contribution in [0.1, 0.15) is 44.7 Å². The molecule has 2 heterocycles. The van der Waals surface area contributed by atoms with E-state index in [4.69, 9.17) is 9.47 Å². The Hall–Kier alpha value is -2.11. The van der Waals surface area contributed by atoms with Crippen molar-refractivity contribution >= 4 is 0 Å². The van der Waals surface area contributed by atoms with E-state index in [0.29, 0.717) is 6.04 Å². The van der Waals surface area contributed by atoms with Gasteiger partial charge in [-0.1, -0.05) is 19.1 Å². The van der Waals surface area contributed by atoms with Gasteiger partial charge in [-0.3, -0.25) is 14.8 Å². The van der Waals surface area contributed by atoms with E-state index in [1.807, 2.05) is 38.4 Å². The Bertz CT molecular complexity index is 751. The van der Waals surface area contributed by atoms with E-state index in [2.05, 4.69) is 39.9 Å². The zero-order valence-corrected chi connectivity index (χ0v) is 18.3. The fraction of sp³-hybridized carbons (Fsp3) is 0.542. The van der Waals surface area contributed by atoms with Crippen LogP contribution in [0, 0.1) is 0 Å². The van der Waals surface area contributed by atoms with Crippen molar-refractivity contribution in [2.75, 3.05) is 26.7 Å². The van der Waals surface area contributed by atoms with Crippen LogP contribution in [0.15, 0.2) is 42.7 Å². The van der Waals surface area contributed by atoms with Gasteiger partial charge < -0.3 is 9.47 Å². The van der Waals surface area contributed by atoms with Crippen LogP contribution in [0.2, 0.25) is 0 Å². The smallest absolute Gasteiger partial charge is 0.161 e. The molecule has 0 aliphatic carbocycles. The van der Waals surface area contributed by atoms with Crippen LogP contribution in [0.4, 0.5) is 0 Å². The third kappa shape index (κ3) is 6.18. The van der Waals surface area contributed by atoms with Crippen molar-refractivity contribution in [2.24, 2.45) is 0 Å². The SMILES string of the molecule is CCN1CCCC1CN(Cc1cccnc1)Cc1ccc(OC(C)C)c(OC)c1. The quantitative estimate of drug-likeness (QED) is 0.595. The van der Waals surface area contributed by atoms with Crippen LogP contribution in [0.25, 0.3) is 0 Å². The van der Waals surface area contributed by atoms with Crippen molar-refractivity contribution in [3.63, 3.8) is 0 Å². The number of aromatic nitrogens is 1. The highest BCUT2D eigenvalue weighted by atomic mass is 16.5. The lowest BCUT2D eigenvalue weighted by Gasteiger charge is -2.30. The summed E-state index contributed by atoms with van der Waals surface area (Å²) < 4.78 is 11.5. The first-order valence-corrected chi connectivity index (χ1v) is 10.8. The lowest BCUT2D eigenvalue weighted by molar-refractivity contribution is 0.165. The highest BCUT2D eigenvalue weighted by molar-refractivity contribution is 5.43. The van der Waals surface area contributed by atoms with Gasteiger partial charge in [-0.05, 0) is 69.1 Å². The minimum absolute atomic E-state index is 0.124. The molecule has 1 aliphatic rings. The Kier molecular flexibility index (Phi) is 7.90. The molecule has 5 nitrogen and oxygen atoms in total. The summed E-state index contributed by atoms with van der Waals surface area (Å²) in [7, 11) is 1.71. The maximum atomic E-state index is 5.87. The molecule has 1 fully saturated rings. The van der Waals surface area contributed by atoms with Gasteiger partial charge in [-0.2, -0.15) is 0 Å². The van der Waals surface area contributed by atoms with Gasteiger partial charge in [0.05, 0.1) is 13.2 Å². The molecule has 1 aliphatic heterocycles. The summed E-state index contributed by atoms with van der Waals surface area (Å²) in [4.78, 5) is 9.44. The van der Waals surface area contributed by atoms with Crippen LogP contribution in [-0.2, 0) is 13.1 Å². The van der Waals surface area contributed by atoms with Crippen LogP contribution in [0.5, 0.6) is 11.5 Å². The number of ether oxygens (including phenoxy) is 2. The summed E-state index contributed by atoms with van der Waals surface area (Å²) in [5.74, 6) is 1.60. The minimum atomic E-state index is 0.124. The predicted molar refractivity (Wildman–Crippen MR) is 117 cm³/mol. The standard InChI is InChI=1S/C24H35N3O2/c1-5-27-13-7-9-22(27)18-26(17-21-8-6-12-25-15-21)16-20-10-11-23(29-19(2)3)24(14-20)28-4/h6,8,10-12,14-15,19,22H,5,7,9,13,16-18H2,1-4H3. The molecule has 1 saturated heterocycles. The molecule has 2 aromatic rings. The first kappa shape index (κ1) is 21.6. The van der Waals surface area contributed by atoms with Gasteiger partial charge in [-0.15, -0.1) is 0 Å². The Labute approximate surface area is 175 Å². The van der Waals surface area contributed by atoms with E-state index in [1.54, 1.807) is 7.11 Å². The number of hydrogen-bond donors (Lipinski definition) is 0. The van der Waals surface area contributed by atoms with Crippen LogP contribution >= 0.6 is 0 Å². The molecule has 3 rings (SSSR count). The molecular formula is C24H35N3O2. The normalized spacial score (nSPS) is 17.2. The molecule has 1 atom stereocenters. The van der Waals surface area contributed by atoms with Crippen LogP contribution < -0.4 is 9.47 Å². The maximum absolute atomic E-state index is 5.87. The summed E-state index contributed by atoms with van der Waals surface area (Å²) in [5.41, 5.74) is 2.49. The summed E-state index contributed by atoms with van der Waals surface area (Å²) in [6.07, 6.45) is 6.51. The number of nitrogens with zero attached hydrogens (tertiary/aromatic N) is 3. The molecule has 0 bridgehead atoms. The second-order valence-corrected chi connectivity index (χ2v) is 8.11. The predicted octanol–water partition coefficient (Wildman–Crippen LogP) is 4.36. The van der Waals surface area contributed by atoms with Gasteiger partial charge in [0.1, 0.15) is 0 Å². The van der Waals surface area contributed by atoms with Crippen LogP contribution in [0.3, 0.4) is 0 Å².